The summed E-state index contributed by atoms with van der Waals surface area (Å²) in [5.74, 6) is 0. The van der Waals surface area contributed by atoms with Crippen LogP contribution in [0.25, 0.3) is 0 Å². The third-order valence-corrected chi connectivity index (χ3v) is 3.41. The monoisotopic (exact) mass is 159 g/mol. The van der Waals surface area contributed by atoms with E-state index in [0.29, 0.717) is 0 Å². The van der Waals surface area contributed by atoms with Crippen LogP contribution >= 0.6 is 12.9 Å². The zero-order valence-corrected chi connectivity index (χ0v) is 6.52. The molecule has 0 aliphatic heterocycles. The van der Waals surface area contributed by atoms with Gasteiger partial charge in [-0.3, -0.25) is 0 Å². The molecule has 32 valence electrons. The smallest absolute Gasteiger partial charge is 0.348 e. The molecule has 0 bridgehead atoms. The second-order valence-corrected chi connectivity index (χ2v) is 4.25. The molecule has 0 spiro atoms. The highest BCUT2D eigenvalue weighted by atomic mass is 79.9. The minimum Gasteiger partial charge on any atom is -0.348 e. The molecule has 0 saturated heterocycles. The van der Waals surface area contributed by atoms with Crippen LogP contribution in [0.2, 0.25) is 0 Å². The van der Waals surface area contributed by atoms with Gasteiger partial charge in [0.05, 0.1) is 0 Å². The van der Waals surface area contributed by atoms with Gasteiger partial charge in [-0.05, 0) is 0 Å². The van der Waals surface area contributed by atoms with E-state index in [-0.39, 0.29) is 22.4 Å². The first-order valence-corrected chi connectivity index (χ1v) is 6.47. The van der Waals surface area contributed by atoms with Crippen molar-refractivity contribution in [1.82, 2.24) is 0 Å². The fourth-order valence-corrected chi connectivity index (χ4v) is 0.982. The second-order valence-electron chi connectivity index (χ2n) is 1.05. The van der Waals surface area contributed by atoms with E-state index in [4.69, 9.17) is 5.73 Å². The zero-order chi connectivity index (χ0) is 4.99. The van der Waals surface area contributed by atoms with E-state index >= 15 is 0 Å². The summed E-state index contributed by atoms with van der Waals surface area (Å²) >= 11 is 3.13. The molecule has 0 fully saturated rings. The van der Waals surface area contributed by atoms with E-state index in [1.165, 1.54) is 0 Å². The number of halogens is 1. The lowest BCUT2D eigenvalue weighted by Crippen LogP contribution is -2.19. The molecule has 1 nitrogen and oxygen atoms in total. The average Bonchev–Trinajstić information content (AvgIpc) is 1.65. The van der Waals surface area contributed by atoms with Crippen molar-refractivity contribution >= 4 is 31.1 Å². The average molecular weight is 160 g/mol. The van der Waals surface area contributed by atoms with Gasteiger partial charge in [0, 0.05) is 0 Å². The van der Waals surface area contributed by atoms with Gasteiger partial charge in [-0.25, -0.2) is 0 Å². The van der Waals surface area contributed by atoms with Gasteiger partial charge in [-0.15, -0.1) is 6.58 Å². The summed E-state index contributed by atoms with van der Waals surface area (Å²) < 4.78 is 0.255. The van der Waals surface area contributed by atoms with E-state index in [9.17, 15) is 0 Å². The van der Waals surface area contributed by atoms with Gasteiger partial charge in [0.2, 0.25) is 0 Å². The molecule has 0 heterocycles. The third-order valence-electron chi connectivity index (χ3n) is 0.481. The van der Waals surface area contributed by atoms with Crippen LogP contribution in [0.15, 0.2) is 12.7 Å². The van der Waals surface area contributed by atoms with Crippen LogP contribution in [0.5, 0.6) is 0 Å². The summed E-state index contributed by atoms with van der Waals surface area (Å²) in [5, 5.41) is 0. The molecule has 0 aromatic carbocycles. The number of rotatable bonds is 2. The van der Waals surface area contributed by atoms with Crippen LogP contribution in [0.1, 0.15) is 0 Å². The minimum absolute atomic E-state index is 0.189. The Kier molecular flexibility index (Phi) is 4.76. The minimum atomic E-state index is -0.189. The molecule has 0 aromatic heterocycles. The molecule has 0 aliphatic carbocycles. The largest absolute Gasteiger partial charge is 0.495 e. The van der Waals surface area contributed by atoms with Crippen molar-refractivity contribution in [2.24, 2.45) is 5.73 Å². The maximum Gasteiger partial charge on any atom is 0.495 e. The highest BCUT2D eigenvalue weighted by Crippen LogP contribution is 1.80. The molecular weight excluding hydrogens is 154 g/mol. The molecule has 0 saturated carbocycles. The Labute approximate surface area is 53.6 Å². The van der Waals surface area contributed by atoms with Crippen LogP contribution in [-0.2, 0) is 0 Å². The van der Waals surface area contributed by atoms with E-state index in [1.807, 2.05) is 0 Å². The summed E-state index contributed by atoms with van der Waals surface area (Å²) in [7, 11) is 0. The van der Waals surface area contributed by atoms with E-state index < -0.39 is 0 Å². The standard InChI is InChI=1S/C3H6N.BrH.Mg/c1-2-3-4;;/h2-3H,1,4H2;1H;/q;;+1/p-1. The number of nitrogens with two attached hydrogens (primary N) is 1. The summed E-state index contributed by atoms with van der Waals surface area (Å²) in [6.45, 7) is 3.51. The van der Waals surface area contributed by atoms with Gasteiger partial charge < -0.3 is 18.6 Å². The van der Waals surface area contributed by atoms with Crippen molar-refractivity contribution in [1.29, 1.82) is 0 Å². The van der Waals surface area contributed by atoms with Crippen molar-refractivity contribution in [3.63, 3.8) is 0 Å². The summed E-state index contributed by atoms with van der Waals surface area (Å²) in [4.78, 5) is 0. The lowest BCUT2D eigenvalue weighted by Gasteiger charge is -1.91. The fraction of sp³-hybridized carbons (Fsp3) is 0.333. The first-order valence-electron chi connectivity index (χ1n) is 1.75. The van der Waals surface area contributed by atoms with Crippen molar-refractivity contribution in [2.45, 2.75) is 4.17 Å². The highest BCUT2D eigenvalue weighted by molar-refractivity contribution is 9.23. The summed E-state index contributed by atoms with van der Waals surface area (Å²) in [5.41, 5.74) is 5.37. The van der Waals surface area contributed by atoms with Gasteiger partial charge in [-0.2, -0.15) is 0 Å². The SMILES string of the molecule is C=C[CH](N)[Mg][Br]. The van der Waals surface area contributed by atoms with Gasteiger partial charge in [0.15, 0.2) is 0 Å². The van der Waals surface area contributed by atoms with Crippen LogP contribution in [0.3, 0.4) is 0 Å². The Balaban J connectivity index is 2.96. The van der Waals surface area contributed by atoms with Crippen molar-refractivity contribution in [2.75, 3.05) is 0 Å². The Hall–Kier alpha value is 0.946. The van der Waals surface area contributed by atoms with Crippen LogP contribution in [-0.4, -0.2) is 22.4 Å². The maximum absolute atomic E-state index is 5.37. The molecule has 0 radical (unpaired) electrons. The molecule has 3 heteroatoms. The van der Waals surface area contributed by atoms with Crippen LogP contribution < -0.4 is 5.73 Å². The fourth-order valence-electron chi connectivity index (χ4n) is 0.0630. The van der Waals surface area contributed by atoms with Crippen LogP contribution in [0, 0.1) is 0 Å². The molecule has 1 unspecified atom stereocenters. The van der Waals surface area contributed by atoms with Gasteiger partial charge in [0.25, 0.3) is 0 Å². The number of hydrogen-bond acceptors (Lipinski definition) is 1. The van der Waals surface area contributed by atoms with Crippen molar-refractivity contribution < 1.29 is 0 Å². The predicted molar refractivity (Wildman–Crippen MR) is 32.9 cm³/mol. The second kappa shape index (κ2) is 4.11. The van der Waals surface area contributed by atoms with Crippen molar-refractivity contribution in [3.8, 4) is 0 Å². The summed E-state index contributed by atoms with van der Waals surface area (Å²) in [6, 6.07) is 0. The normalized spacial score (nSPS) is 12.3. The lowest BCUT2D eigenvalue weighted by molar-refractivity contribution is 1.15. The first-order chi connectivity index (χ1) is 2.81. The van der Waals surface area contributed by atoms with E-state index in [0.717, 1.165) is 0 Å². The van der Waals surface area contributed by atoms with Crippen molar-refractivity contribution in [3.05, 3.63) is 12.7 Å². The Morgan fingerprint density at radius 1 is 2.00 bits per heavy atom. The summed E-state index contributed by atoms with van der Waals surface area (Å²) in [6.07, 6.45) is 1.76. The molecule has 0 aromatic rings. The topological polar surface area (TPSA) is 26.0 Å². The van der Waals surface area contributed by atoms with Gasteiger partial charge >= 0.3 is 18.2 Å². The molecule has 2 N–H and O–H groups in total. The maximum atomic E-state index is 5.37. The third kappa shape index (κ3) is 3.15. The Morgan fingerprint density at radius 2 is 2.50 bits per heavy atom. The molecule has 0 rings (SSSR count). The molecule has 0 amide bonds. The highest BCUT2D eigenvalue weighted by Gasteiger charge is 1.94. The first kappa shape index (κ1) is 6.95. The van der Waals surface area contributed by atoms with E-state index in [2.05, 4.69) is 19.5 Å². The van der Waals surface area contributed by atoms with Crippen LogP contribution in [0.4, 0.5) is 0 Å². The zero-order valence-electron chi connectivity index (χ0n) is 3.52. The molecule has 6 heavy (non-hydrogen) atoms. The Bertz CT molecular complexity index is 48.1. The van der Waals surface area contributed by atoms with Gasteiger partial charge in [0.1, 0.15) is 0 Å². The quantitative estimate of drug-likeness (QED) is 0.461. The predicted octanol–water partition coefficient (Wildman–Crippen LogP) is 0.471. The molecular formula is C3H6BrMgN. The molecule has 1 atom stereocenters. The molecule has 0 aliphatic rings. The Morgan fingerprint density at radius 3 is 2.50 bits per heavy atom. The van der Waals surface area contributed by atoms with E-state index in [1.54, 1.807) is 6.08 Å². The lowest BCUT2D eigenvalue weighted by atomic mass is 10.6. The van der Waals surface area contributed by atoms with Gasteiger partial charge in [-0.1, -0.05) is 10.2 Å². The number of hydrogen-bond donors (Lipinski definition) is 1.